The summed E-state index contributed by atoms with van der Waals surface area (Å²) in [4.78, 5) is 8.26. The van der Waals surface area contributed by atoms with E-state index in [0.29, 0.717) is 24.0 Å². The van der Waals surface area contributed by atoms with Crippen LogP contribution in [0.15, 0.2) is 86.6 Å². The lowest BCUT2D eigenvalue weighted by Crippen LogP contribution is -2.36. The first-order valence-electron chi connectivity index (χ1n) is 10.4. The fourth-order valence-electron chi connectivity index (χ4n) is 3.48. The summed E-state index contributed by atoms with van der Waals surface area (Å²) in [6.07, 6.45) is 1.51. The first-order chi connectivity index (χ1) is 14.9. The Morgan fingerprint density at radius 3 is 2.39 bits per heavy atom. The number of sulfone groups is 1. The summed E-state index contributed by atoms with van der Waals surface area (Å²) in [7, 11) is -3.76. The number of anilines is 1. The average Bonchev–Trinajstić information content (AvgIpc) is 2.81. The van der Waals surface area contributed by atoms with E-state index in [-0.39, 0.29) is 9.92 Å². The zero-order valence-corrected chi connectivity index (χ0v) is 19.3. The Bertz CT molecular complexity index is 1130. The van der Waals surface area contributed by atoms with Gasteiger partial charge in [0.1, 0.15) is 0 Å². The van der Waals surface area contributed by atoms with Crippen molar-refractivity contribution in [1.29, 1.82) is 0 Å². The highest BCUT2D eigenvalue weighted by molar-refractivity contribution is 8.00. The van der Waals surface area contributed by atoms with Crippen molar-refractivity contribution in [2.75, 3.05) is 31.2 Å². The highest BCUT2D eigenvalue weighted by atomic mass is 32.2. The monoisotopic (exact) mass is 454 g/mol. The van der Waals surface area contributed by atoms with E-state index in [4.69, 9.17) is 4.74 Å². The van der Waals surface area contributed by atoms with Gasteiger partial charge < -0.3 is 9.64 Å². The first kappa shape index (κ1) is 21.9. The van der Waals surface area contributed by atoms with Gasteiger partial charge in [-0.25, -0.2) is 13.4 Å². The lowest BCUT2D eigenvalue weighted by atomic mass is 10.0. The molecule has 0 aliphatic carbocycles. The standard InChI is InChI=1S/C24H26N2O3S2/c1-18(2)19-6-9-21(10-7-19)30-22-11-8-20(26-13-15-29-16-14-26)17-23(22)31(27,28)24-5-3-4-12-25-24/h3-12,17-18H,13-16H2,1-2H3. The van der Waals surface area contributed by atoms with Gasteiger partial charge in [-0.3, -0.25) is 0 Å². The first-order valence-corrected chi connectivity index (χ1v) is 12.7. The maximum Gasteiger partial charge on any atom is 0.225 e. The Morgan fingerprint density at radius 1 is 1.00 bits per heavy atom. The second-order valence-corrected chi connectivity index (χ2v) is 10.7. The molecule has 31 heavy (non-hydrogen) atoms. The third-order valence-corrected chi connectivity index (χ3v) is 8.20. The third kappa shape index (κ3) is 4.95. The number of hydrogen-bond acceptors (Lipinski definition) is 6. The molecule has 3 aromatic rings. The van der Waals surface area contributed by atoms with Gasteiger partial charge in [0.05, 0.1) is 18.1 Å². The fraction of sp³-hybridized carbons (Fsp3) is 0.292. The molecule has 5 nitrogen and oxygen atoms in total. The average molecular weight is 455 g/mol. The molecule has 4 rings (SSSR count). The predicted octanol–water partition coefficient (Wildman–Crippen LogP) is 5.03. The van der Waals surface area contributed by atoms with Crippen molar-refractivity contribution in [3.05, 3.63) is 72.4 Å². The minimum absolute atomic E-state index is 0.0612. The molecule has 0 unspecified atom stereocenters. The fourth-order valence-corrected chi connectivity index (χ4v) is 6.04. The number of benzene rings is 2. The van der Waals surface area contributed by atoms with Crippen molar-refractivity contribution in [3.8, 4) is 0 Å². The van der Waals surface area contributed by atoms with Crippen LogP contribution in [0.4, 0.5) is 5.69 Å². The smallest absolute Gasteiger partial charge is 0.225 e. The molecular formula is C24H26N2O3S2. The third-order valence-electron chi connectivity index (χ3n) is 5.28. The van der Waals surface area contributed by atoms with Crippen molar-refractivity contribution >= 4 is 27.3 Å². The second-order valence-electron chi connectivity index (χ2n) is 7.73. The zero-order chi connectivity index (χ0) is 21.8. The maximum absolute atomic E-state index is 13.5. The molecule has 1 aliphatic rings. The number of pyridine rings is 1. The van der Waals surface area contributed by atoms with E-state index in [9.17, 15) is 8.42 Å². The molecular weight excluding hydrogens is 428 g/mol. The summed E-state index contributed by atoms with van der Waals surface area (Å²) >= 11 is 1.46. The van der Waals surface area contributed by atoms with Crippen LogP contribution < -0.4 is 4.90 Å². The number of hydrogen-bond donors (Lipinski definition) is 0. The van der Waals surface area contributed by atoms with Gasteiger partial charge in [-0.2, -0.15) is 0 Å². The number of ether oxygens (including phenoxy) is 1. The van der Waals surface area contributed by atoms with Crippen molar-refractivity contribution in [2.45, 2.75) is 39.5 Å². The van der Waals surface area contributed by atoms with Crippen LogP contribution in [0.5, 0.6) is 0 Å². The van der Waals surface area contributed by atoms with E-state index in [2.05, 4.69) is 35.9 Å². The molecule has 1 aromatic heterocycles. The van der Waals surface area contributed by atoms with E-state index < -0.39 is 9.84 Å². The SMILES string of the molecule is CC(C)c1ccc(Sc2ccc(N3CCOCC3)cc2S(=O)(=O)c2ccccn2)cc1. The van der Waals surface area contributed by atoms with Crippen molar-refractivity contribution in [1.82, 2.24) is 4.98 Å². The molecule has 0 spiro atoms. The number of aromatic nitrogens is 1. The Kier molecular flexibility index (Phi) is 6.65. The van der Waals surface area contributed by atoms with Gasteiger partial charge in [-0.15, -0.1) is 0 Å². The summed E-state index contributed by atoms with van der Waals surface area (Å²) in [6, 6.07) is 18.9. The van der Waals surface area contributed by atoms with Crippen LogP contribution in [-0.4, -0.2) is 39.7 Å². The molecule has 0 bridgehead atoms. The number of rotatable bonds is 6. The van der Waals surface area contributed by atoms with Gasteiger partial charge in [0, 0.05) is 34.8 Å². The van der Waals surface area contributed by atoms with E-state index in [1.54, 1.807) is 24.3 Å². The molecule has 1 fully saturated rings. The predicted molar refractivity (Wildman–Crippen MR) is 124 cm³/mol. The summed E-state index contributed by atoms with van der Waals surface area (Å²) in [5.41, 5.74) is 2.14. The molecule has 2 heterocycles. The summed E-state index contributed by atoms with van der Waals surface area (Å²) in [5, 5.41) is 0.0612. The summed E-state index contributed by atoms with van der Waals surface area (Å²) in [6.45, 7) is 7.08. The van der Waals surface area contributed by atoms with Gasteiger partial charge in [0.2, 0.25) is 9.84 Å². The minimum Gasteiger partial charge on any atom is -0.378 e. The quantitative estimate of drug-likeness (QED) is 0.521. The molecule has 1 aliphatic heterocycles. The van der Waals surface area contributed by atoms with Gasteiger partial charge in [0.25, 0.3) is 0 Å². The molecule has 2 aromatic carbocycles. The highest BCUT2D eigenvalue weighted by Gasteiger charge is 2.25. The maximum atomic E-state index is 13.5. The normalized spacial score (nSPS) is 14.7. The molecule has 0 amide bonds. The van der Waals surface area contributed by atoms with E-state index in [1.807, 2.05) is 24.3 Å². The number of nitrogens with zero attached hydrogens (tertiary/aromatic N) is 2. The lowest BCUT2D eigenvalue weighted by molar-refractivity contribution is 0.122. The highest BCUT2D eigenvalue weighted by Crippen LogP contribution is 2.37. The Labute approximate surface area is 188 Å². The van der Waals surface area contributed by atoms with Gasteiger partial charge in [-0.1, -0.05) is 43.8 Å². The Morgan fingerprint density at radius 2 is 1.74 bits per heavy atom. The van der Waals surface area contributed by atoms with Crippen molar-refractivity contribution in [3.63, 3.8) is 0 Å². The van der Waals surface area contributed by atoms with Crippen LogP contribution >= 0.6 is 11.8 Å². The van der Waals surface area contributed by atoms with Crippen molar-refractivity contribution in [2.24, 2.45) is 0 Å². The van der Waals surface area contributed by atoms with Crippen molar-refractivity contribution < 1.29 is 13.2 Å². The minimum atomic E-state index is -3.76. The largest absolute Gasteiger partial charge is 0.378 e. The molecule has 0 N–H and O–H groups in total. The van der Waals surface area contributed by atoms with Gasteiger partial charge in [0.15, 0.2) is 5.03 Å². The molecule has 162 valence electrons. The molecule has 0 saturated carbocycles. The van der Waals surface area contributed by atoms with Crippen LogP contribution in [0.25, 0.3) is 0 Å². The zero-order valence-electron chi connectivity index (χ0n) is 17.7. The van der Waals surface area contributed by atoms with Crippen LogP contribution in [-0.2, 0) is 14.6 Å². The van der Waals surface area contributed by atoms with Crippen LogP contribution in [0.1, 0.15) is 25.3 Å². The van der Waals surface area contributed by atoms with Crippen LogP contribution in [0.3, 0.4) is 0 Å². The van der Waals surface area contributed by atoms with E-state index >= 15 is 0 Å². The molecule has 0 radical (unpaired) electrons. The van der Waals surface area contributed by atoms with Crippen LogP contribution in [0, 0.1) is 0 Å². The Hall–Kier alpha value is -2.35. The second kappa shape index (κ2) is 9.42. The molecule has 7 heteroatoms. The molecule has 0 atom stereocenters. The van der Waals surface area contributed by atoms with Gasteiger partial charge in [-0.05, 0) is 53.9 Å². The van der Waals surface area contributed by atoms with Crippen LogP contribution in [0.2, 0.25) is 0 Å². The van der Waals surface area contributed by atoms with E-state index in [1.165, 1.54) is 23.5 Å². The lowest BCUT2D eigenvalue weighted by Gasteiger charge is -2.29. The topological polar surface area (TPSA) is 59.5 Å². The summed E-state index contributed by atoms with van der Waals surface area (Å²) in [5.74, 6) is 0.451. The molecule has 1 saturated heterocycles. The van der Waals surface area contributed by atoms with Gasteiger partial charge >= 0.3 is 0 Å². The Balaban J connectivity index is 1.75. The van der Waals surface area contributed by atoms with E-state index in [0.717, 1.165) is 23.7 Å². The summed E-state index contributed by atoms with van der Waals surface area (Å²) < 4.78 is 32.5. The number of morpholine rings is 1.